The highest BCUT2D eigenvalue weighted by molar-refractivity contribution is 5.73. The SMILES string of the molecule is C[C@H]1[C@@H](CN2CCN(c3ccc([N+](=O)[O-])cc3)CC2)O[C@@H](c2ccc(CNC(=O)NCc3ccccc3)cc2)O[C@H]1c1ccc(CO)cc1. The van der Waals surface area contributed by atoms with E-state index in [9.17, 15) is 20.0 Å². The number of hydrogen-bond donors (Lipinski definition) is 3. The van der Waals surface area contributed by atoms with Crippen LogP contribution in [0.2, 0.25) is 0 Å². The van der Waals surface area contributed by atoms with E-state index in [0.717, 1.165) is 66.2 Å². The van der Waals surface area contributed by atoms with Crippen LogP contribution in [-0.2, 0) is 29.2 Å². The smallest absolute Gasteiger partial charge is 0.315 e. The van der Waals surface area contributed by atoms with Crippen LogP contribution in [0.3, 0.4) is 0 Å². The van der Waals surface area contributed by atoms with Gasteiger partial charge in [0.15, 0.2) is 6.29 Å². The first-order valence-electron chi connectivity index (χ1n) is 16.7. The summed E-state index contributed by atoms with van der Waals surface area (Å²) >= 11 is 0. The number of ether oxygens (including phenoxy) is 2. The van der Waals surface area contributed by atoms with E-state index in [1.165, 1.54) is 0 Å². The van der Waals surface area contributed by atoms with E-state index in [2.05, 4.69) is 27.4 Å². The number of nitrogens with zero attached hydrogens (tertiary/aromatic N) is 3. The molecule has 0 spiro atoms. The van der Waals surface area contributed by atoms with Gasteiger partial charge in [0, 0.05) is 75.1 Å². The van der Waals surface area contributed by atoms with E-state index in [-0.39, 0.29) is 41.4 Å². The van der Waals surface area contributed by atoms with Gasteiger partial charge in [0.2, 0.25) is 0 Å². The van der Waals surface area contributed by atoms with Crippen LogP contribution in [0.5, 0.6) is 0 Å². The van der Waals surface area contributed by atoms with Gasteiger partial charge in [0.25, 0.3) is 5.69 Å². The second-order valence-electron chi connectivity index (χ2n) is 12.6. The van der Waals surface area contributed by atoms with Crippen molar-refractivity contribution in [3.63, 3.8) is 0 Å². The highest BCUT2D eigenvalue weighted by Crippen LogP contribution is 2.42. The number of nitro groups is 1. The van der Waals surface area contributed by atoms with E-state index in [1.54, 1.807) is 12.1 Å². The summed E-state index contributed by atoms with van der Waals surface area (Å²) in [5.74, 6) is 0.0572. The zero-order chi connectivity index (χ0) is 34.2. The molecule has 0 bridgehead atoms. The number of aliphatic hydroxyl groups excluding tert-OH is 1. The average molecular weight is 666 g/mol. The quantitative estimate of drug-likeness (QED) is 0.138. The van der Waals surface area contributed by atoms with Gasteiger partial charge in [-0.25, -0.2) is 4.79 Å². The molecule has 0 unspecified atom stereocenters. The van der Waals surface area contributed by atoms with Crippen molar-refractivity contribution in [1.82, 2.24) is 15.5 Å². The number of aliphatic hydroxyl groups is 1. The lowest BCUT2D eigenvalue weighted by atomic mass is 9.90. The number of non-ortho nitro benzene ring substituents is 1. The second kappa shape index (κ2) is 16.1. The van der Waals surface area contributed by atoms with Crippen LogP contribution < -0.4 is 15.5 Å². The molecule has 2 amide bonds. The molecule has 256 valence electrons. The summed E-state index contributed by atoms with van der Waals surface area (Å²) in [5, 5.41) is 26.5. The van der Waals surface area contributed by atoms with Crippen LogP contribution in [0, 0.1) is 16.0 Å². The topological polar surface area (TPSA) is 129 Å². The van der Waals surface area contributed by atoms with Crippen LogP contribution in [0.15, 0.2) is 103 Å². The number of amides is 2. The molecule has 4 aromatic carbocycles. The molecule has 2 heterocycles. The first-order chi connectivity index (χ1) is 23.9. The minimum Gasteiger partial charge on any atom is -0.392 e. The molecule has 11 heteroatoms. The number of piperazine rings is 1. The third-order valence-electron chi connectivity index (χ3n) is 9.36. The summed E-state index contributed by atoms with van der Waals surface area (Å²) in [6.07, 6.45) is -0.907. The molecule has 11 nitrogen and oxygen atoms in total. The van der Waals surface area contributed by atoms with Crippen molar-refractivity contribution in [3.8, 4) is 0 Å². The Morgan fingerprint density at radius 1 is 0.796 bits per heavy atom. The summed E-state index contributed by atoms with van der Waals surface area (Å²) < 4.78 is 13.3. The Balaban J connectivity index is 1.09. The molecule has 4 atom stereocenters. The van der Waals surface area contributed by atoms with Gasteiger partial charge in [-0.3, -0.25) is 15.0 Å². The van der Waals surface area contributed by atoms with Crippen LogP contribution in [0.1, 0.15) is 47.1 Å². The minimum absolute atomic E-state index is 0.0164. The van der Waals surface area contributed by atoms with Gasteiger partial charge in [0.1, 0.15) is 0 Å². The summed E-state index contributed by atoms with van der Waals surface area (Å²) in [6, 6.07) is 32.1. The molecular weight excluding hydrogens is 622 g/mol. The van der Waals surface area contributed by atoms with Gasteiger partial charge in [-0.05, 0) is 34.4 Å². The molecule has 49 heavy (non-hydrogen) atoms. The summed E-state index contributed by atoms with van der Waals surface area (Å²) in [6.45, 7) is 7.03. The highest BCUT2D eigenvalue weighted by atomic mass is 16.7. The molecule has 0 saturated carbocycles. The van der Waals surface area contributed by atoms with Gasteiger partial charge in [-0.2, -0.15) is 0 Å². The lowest BCUT2D eigenvalue weighted by molar-refractivity contribution is -0.384. The fraction of sp³-hybridized carbons (Fsp3) is 0.342. The Labute approximate surface area is 286 Å². The number of urea groups is 1. The Hall–Kier alpha value is -4.81. The maximum Gasteiger partial charge on any atom is 0.315 e. The number of hydrogen-bond acceptors (Lipinski definition) is 8. The van der Waals surface area contributed by atoms with Crippen molar-refractivity contribution in [3.05, 3.63) is 141 Å². The summed E-state index contributed by atoms with van der Waals surface area (Å²) in [5.41, 5.74) is 5.86. The summed E-state index contributed by atoms with van der Waals surface area (Å²) in [7, 11) is 0. The number of carbonyl (C=O) groups excluding carboxylic acids is 1. The number of carbonyl (C=O) groups is 1. The van der Waals surface area contributed by atoms with Crippen LogP contribution in [0.25, 0.3) is 0 Å². The Morgan fingerprint density at radius 2 is 1.39 bits per heavy atom. The van der Waals surface area contributed by atoms with Crippen LogP contribution in [0.4, 0.5) is 16.2 Å². The first kappa shape index (κ1) is 34.1. The normalized spacial score (nSPS) is 21.2. The molecule has 4 aromatic rings. The van der Waals surface area contributed by atoms with E-state index >= 15 is 0 Å². The zero-order valence-electron chi connectivity index (χ0n) is 27.6. The molecular formula is C38H43N5O6. The van der Waals surface area contributed by atoms with Gasteiger partial charge in [-0.1, -0.05) is 85.8 Å². The molecule has 2 fully saturated rings. The van der Waals surface area contributed by atoms with Gasteiger partial charge in [0.05, 0.1) is 23.7 Å². The van der Waals surface area contributed by atoms with Gasteiger partial charge in [-0.15, -0.1) is 0 Å². The lowest BCUT2D eigenvalue weighted by Gasteiger charge is -2.44. The predicted octanol–water partition coefficient (Wildman–Crippen LogP) is 5.70. The Morgan fingerprint density at radius 3 is 2.00 bits per heavy atom. The van der Waals surface area contributed by atoms with E-state index in [0.29, 0.717) is 13.1 Å². The number of nitrogens with one attached hydrogen (secondary N) is 2. The maximum absolute atomic E-state index is 12.4. The molecule has 2 saturated heterocycles. The van der Waals surface area contributed by atoms with Crippen molar-refractivity contribution in [1.29, 1.82) is 0 Å². The zero-order valence-corrected chi connectivity index (χ0v) is 27.6. The third kappa shape index (κ3) is 8.81. The van der Waals surface area contributed by atoms with E-state index < -0.39 is 6.29 Å². The fourth-order valence-electron chi connectivity index (χ4n) is 6.37. The Kier molecular flexibility index (Phi) is 11.2. The predicted molar refractivity (Wildman–Crippen MR) is 187 cm³/mol. The molecule has 0 aliphatic carbocycles. The Bertz CT molecular complexity index is 1660. The van der Waals surface area contributed by atoms with Crippen LogP contribution in [-0.4, -0.2) is 59.8 Å². The monoisotopic (exact) mass is 665 g/mol. The molecule has 6 rings (SSSR count). The number of benzene rings is 4. The van der Waals surface area contributed by atoms with Crippen molar-refractivity contribution in [2.24, 2.45) is 5.92 Å². The van der Waals surface area contributed by atoms with Crippen molar-refractivity contribution in [2.75, 3.05) is 37.6 Å². The van der Waals surface area contributed by atoms with E-state index in [4.69, 9.17) is 9.47 Å². The van der Waals surface area contributed by atoms with Gasteiger partial charge < -0.3 is 30.1 Å². The fourth-order valence-corrected chi connectivity index (χ4v) is 6.37. The minimum atomic E-state index is -0.582. The van der Waals surface area contributed by atoms with Crippen molar-refractivity contribution in [2.45, 2.75) is 45.1 Å². The molecule has 2 aliphatic rings. The number of anilines is 1. The maximum atomic E-state index is 12.4. The first-order valence-corrected chi connectivity index (χ1v) is 16.7. The van der Waals surface area contributed by atoms with E-state index in [1.807, 2.05) is 91.0 Å². The highest BCUT2D eigenvalue weighted by Gasteiger charge is 2.39. The standard InChI is InChI=1S/C38H43N5O6/c1-27-35(25-41-19-21-42(22-20-41)33-15-17-34(18-16-33)43(46)47)48-37(49-36(27)31-11-9-30(26-44)10-12-31)32-13-7-29(8-14-32)24-40-38(45)39-23-28-5-3-2-4-6-28/h2-18,27,35-37,44H,19-26H2,1H3,(H2,39,40,45)/t27-,35+,36+,37+/m0/s1. The largest absolute Gasteiger partial charge is 0.392 e. The molecule has 0 radical (unpaired) electrons. The second-order valence-corrected chi connectivity index (χ2v) is 12.6. The van der Waals surface area contributed by atoms with Crippen molar-refractivity contribution < 1.29 is 24.3 Å². The third-order valence-corrected chi connectivity index (χ3v) is 9.36. The number of nitro benzene ring substituents is 1. The molecule has 2 aliphatic heterocycles. The summed E-state index contributed by atoms with van der Waals surface area (Å²) in [4.78, 5) is 27.7. The average Bonchev–Trinajstić information content (AvgIpc) is 3.15. The molecule has 0 aromatic heterocycles. The van der Waals surface area contributed by atoms with Crippen LogP contribution >= 0.6 is 0 Å². The van der Waals surface area contributed by atoms with Crippen molar-refractivity contribution >= 4 is 17.4 Å². The molecule has 3 N–H and O–H groups in total. The van der Waals surface area contributed by atoms with Gasteiger partial charge >= 0.3 is 6.03 Å². The number of rotatable bonds is 11. The lowest BCUT2D eigenvalue weighted by Crippen LogP contribution is -2.51.